The number of aromatic nitrogens is 2. The van der Waals surface area contributed by atoms with E-state index in [2.05, 4.69) is 137 Å². The van der Waals surface area contributed by atoms with Gasteiger partial charge < -0.3 is 23.9 Å². The molecule has 0 spiro atoms. The van der Waals surface area contributed by atoms with Crippen LogP contribution in [-0.2, 0) is 31.3 Å². The Morgan fingerprint density at radius 2 is 1.38 bits per heavy atom. The largest absolute Gasteiger partial charge is 0.512 e. The van der Waals surface area contributed by atoms with Crippen LogP contribution in [0.25, 0.3) is 104 Å². The van der Waals surface area contributed by atoms with Crippen molar-refractivity contribution in [2.24, 2.45) is 17.8 Å². The second-order valence-electron chi connectivity index (χ2n) is 21.9. The van der Waals surface area contributed by atoms with Gasteiger partial charge in [0.2, 0.25) is 0 Å². The van der Waals surface area contributed by atoms with Gasteiger partial charge >= 0.3 is 0 Å². The first-order valence-corrected chi connectivity index (χ1v) is 30.6. The van der Waals surface area contributed by atoms with Crippen LogP contribution in [0.4, 0.5) is 5.69 Å². The number of hydrogen-bond acceptors (Lipinski definition) is 6. The fourth-order valence-electron chi connectivity index (χ4n) is 11.8. The molecule has 0 fully saturated rings. The number of carbonyl (C=O) groups excluding carboxylic acids is 1. The van der Waals surface area contributed by atoms with Gasteiger partial charge in [-0.1, -0.05) is 167 Å². The van der Waals surface area contributed by atoms with Crippen LogP contribution in [0.5, 0.6) is 0 Å². The van der Waals surface area contributed by atoms with Crippen LogP contribution < -0.4 is 10.4 Å². The molecule has 0 saturated heterocycles. The van der Waals surface area contributed by atoms with Gasteiger partial charge in [0.1, 0.15) is 19.2 Å². The normalized spacial score (nSPS) is 12.7. The third-order valence-electron chi connectivity index (χ3n) is 15.8. The van der Waals surface area contributed by atoms with E-state index in [0.29, 0.717) is 5.92 Å². The van der Waals surface area contributed by atoms with Gasteiger partial charge in [-0.25, -0.2) is 4.85 Å². The number of hydrogen-bond donors (Lipinski definition) is 1. The van der Waals surface area contributed by atoms with Crippen molar-refractivity contribution in [3.05, 3.63) is 186 Å². The van der Waals surface area contributed by atoms with Crippen molar-refractivity contribution in [1.29, 1.82) is 0 Å². The number of aliphatic hydroxyl groups is 1. The fourth-order valence-corrected chi connectivity index (χ4v) is 15.3. The fraction of sp³-hybridized carbons (Fsp3) is 0.257. The minimum absolute atomic E-state index is 0. The molecule has 4 aromatic heterocycles. The molecule has 0 saturated carbocycles. The van der Waals surface area contributed by atoms with E-state index in [1.165, 1.54) is 43.9 Å². The van der Waals surface area contributed by atoms with Crippen LogP contribution in [0.2, 0.25) is 13.1 Å². The van der Waals surface area contributed by atoms with E-state index >= 15 is 0 Å². The maximum absolute atomic E-state index is 11.7. The summed E-state index contributed by atoms with van der Waals surface area (Å²) in [6.45, 7) is 29.3. The van der Waals surface area contributed by atoms with Crippen molar-refractivity contribution in [2.45, 2.75) is 101 Å². The molecule has 0 bridgehead atoms. The number of aliphatic hydroxyl groups excluding tert-OH is 1. The summed E-state index contributed by atoms with van der Waals surface area (Å²) in [7, 11) is -2.01. The number of ketones is 1. The van der Waals surface area contributed by atoms with Gasteiger partial charge in [0.25, 0.3) is 0 Å². The Labute approximate surface area is 479 Å². The molecule has 401 valence electrons. The first kappa shape index (κ1) is 56.3. The Balaban J connectivity index is 0.000000155. The molecule has 79 heavy (non-hydrogen) atoms. The summed E-state index contributed by atoms with van der Waals surface area (Å²) in [5, 5.41) is 21.6. The maximum Gasteiger partial charge on any atom is 0.194 e. The molecule has 7 aromatic carbocycles. The summed E-state index contributed by atoms with van der Waals surface area (Å²) in [4.78, 5) is 25.2. The van der Waals surface area contributed by atoms with E-state index in [4.69, 9.17) is 25.4 Å². The summed E-state index contributed by atoms with van der Waals surface area (Å²) >= 11 is 0. The zero-order chi connectivity index (χ0) is 55.0. The second kappa shape index (κ2) is 23.5. The molecule has 5 heterocycles. The number of nitrogens with zero attached hydrogens (tertiary/aromatic N) is 3. The predicted molar refractivity (Wildman–Crippen MR) is 327 cm³/mol. The first-order valence-electron chi connectivity index (χ1n) is 27.6. The van der Waals surface area contributed by atoms with Gasteiger partial charge in [-0.05, 0) is 130 Å². The third-order valence-corrected chi connectivity index (χ3v) is 19.4. The number of rotatable bonds is 11. The number of benzene rings is 7. The molecule has 1 aliphatic rings. The van der Waals surface area contributed by atoms with Crippen molar-refractivity contribution >= 4 is 95.3 Å². The van der Waals surface area contributed by atoms with Gasteiger partial charge in [-0.2, -0.15) is 0 Å². The summed E-state index contributed by atoms with van der Waals surface area (Å²) in [5.41, 5.74) is 13.8. The van der Waals surface area contributed by atoms with Crippen LogP contribution in [0.3, 0.4) is 0 Å². The molecule has 0 unspecified atom stereocenters. The molecular weight excluding hydrogens is 1170 g/mol. The minimum Gasteiger partial charge on any atom is -0.512 e. The zero-order valence-corrected chi connectivity index (χ0v) is 50.3. The average molecular weight is 1230 g/mol. The minimum atomic E-state index is -2.01. The number of carbonyl (C=O) groups is 1. The van der Waals surface area contributed by atoms with Gasteiger partial charge in [0.05, 0.1) is 23.5 Å². The smallest absolute Gasteiger partial charge is 0.194 e. The average Bonchev–Trinajstić information content (AvgIpc) is 4.17. The Bertz CT molecular complexity index is 4170. The standard InChI is InChI=1S/C31H21N2OSi.C26H22NO.C13H24O2.Ir/c1-18-16-23-19-8-5-6-10-26(19)34-30(23)24(17-18)29-20-12-13-22-28-25(32-2)9-7-11-27(28)35(3,4)31(22)21(20)14-15-33-29;1-16(2)13-18-8-9-20-19(15-18)11-12-27-25(20)22-6-4-5-21-23-14-17(3)7-10-24(23)28-26(21)22;1-5-10(6-2)12(14)9-13(15)11(7-3)8-4;/h5-16H,1,3-4H3;4-5,7-12,14-16H,13H2,1-3H3;9-11,14H,5-8H2,1-4H3;/q2*-1;;/b;;12-9-;. The van der Waals surface area contributed by atoms with E-state index in [1.54, 1.807) is 0 Å². The van der Waals surface area contributed by atoms with Crippen molar-refractivity contribution in [3.63, 3.8) is 0 Å². The van der Waals surface area contributed by atoms with E-state index in [-0.39, 0.29) is 43.5 Å². The van der Waals surface area contributed by atoms with Crippen molar-refractivity contribution in [3.8, 4) is 33.6 Å². The molecular formula is C70H67IrN3O4Si-2. The van der Waals surface area contributed by atoms with Crippen LogP contribution in [0.1, 0.15) is 83.9 Å². The quantitative estimate of drug-likeness (QED) is 0.0600. The molecule has 0 atom stereocenters. The van der Waals surface area contributed by atoms with Gasteiger partial charge in [-0.15, -0.1) is 35.9 Å². The first-order chi connectivity index (χ1) is 37.7. The summed E-state index contributed by atoms with van der Waals surface area (Å²) in [6, 6.07) is 49.1. The number of aryl methyl sites for hydroxylation is 2. The van der Waals surface area contributed by atoms with E-state index in [1.807, 2.05) is 82.6 Å². The molecule has 9 heteroatoms. The zero-order valence-electron chi connectivity index (χ0n) is 46.9. The summed E-state index contributed by atoms with van der Waals surface area (Å²) < 4.78 is 12.6. The number of fused-ring (bicyclic) bond motifs is 12. The van der Waals surface area contributed by atoms with Crippen molar-refractivity contribution in [2.75, 3.05) is 0 Å². The van der Waals surface area contributed by atoms with E-state index in [9.17, 15) is 9.90 Å². The molecule has 1 radical (unpaired) electrons. The van der Waals surface area contributed by atoms with E-state index in [0.717, 1.165) is 126 Å². The van der Waals surface area contributed by atoms with Crippen LogP contribution in [-0.4, -0.2) is 28.9 Å². The Hall–Kier alpha value is -7.47. The van der Waals surface area contributed by atoms with Crippen LogP contribution >= 0.6 is 0 Å². The molecule has 0 aliphatic carbocycles. The Kier molecular flexibility index (Phi) is 16.7. The summed E-state index contributed by atoms with van der Waals surface area (Å²) in [6.07, 6.45) is 9.78. The molecule has 12 rings (SSSR count). The van der Waals surface area contributed by atoms with Crippen LogP contribution in [0, 0.1) is 50.3 Å². The molecule has 11 aromatic rings. The van der Waals surface area contributed by atoms with Gasteiger partial charge in [-0.3, -0.25) is 4.79 Å². The number of pyridine rings is 2. The Morgan fingerprint density at radius 1 is 0.696 bits per heavy atom. The molecule has 1 aliphatic heterocycles. The summed E-state index contributed by atoms with van der Waals surface area (Å²) in [5.74, 6) is 1.19. The molecule has 1 N–H and O–H groups in total. The third kappa shape index (κ3) is 10.6. The topological polar surface area (TPSA) is 93.7 Å². The van der Waals surface area contributed by atoms with Gasteiger partial charge in [0, 0.05) is 61.2 Å². The monoisotopic (exact) mass is 1230 g/mol. The SMILES string of the molecule is CCC(CC)C(=O)/C=C(\O)C(CC)CC.Cc1ccc2oc3c(-c4nccc5cc(CC(C)C)ccc45)[c-]ccc3c2c1.[C-]#[N+]c1cccc2c1-c1ccc3c(-c4[c-]c(C)cc5c4oc4ccccc45)nccc3c1[Si]2(C)C.[Ir]. The van der Waals surface area contributed by atoms with Gasteiger partial charge in [0.15, 0.2) is 11.5 Å². The molecule has 7 nitrogen and oxygen atoms in total. The predicted octanol–water partition coefficient (Wildman–Crippen LogP) is 18.2. The van der Waals surface area contributed by atoms with Crippen LogP contribution in [0.15, 0.2) is 154 Å². The maximum atomic E-state index is 11.7. The molecule has 0 amide bonds. The number of allylic oxidation sites excluding steroid dienone is 2. The Morgan fingerprint density at radius 3 is 2.10 bits per heavy atom. The second-order valence-corrected chi connectivity index (χ2v) is 26.1. The number of furan rings is 2. The number of para-hydroxylation sites is 1. The van der Waals surface area contributed by atoms with E-state index < -0.39 is 8.07 Å². The van der Waals surface area contributed by atoms with Crippen molar-refractivity contribution in [1.82, 2.24) is 9.97 Å². The van der Waals surface area contributed by atoms with Crippen molar-refractivity contribution < 1.29 is 38.8 Å².